The van der Waals surface area contributed by atoms with Crippen molar-refractivity contribution in [1.82, 2.24) is 9.80 Å². The Kier molecular flexibility index (Phi) is 6.37. The predicted molar refractivity (Wildman–Crippen MR) is 80.3 cm³/mol. The molecule has 0 aromatic heterocycles. The third-order valence-electron chi connectivity index (χ3n) is 3.40. The van der Waals surface area contributed by atoms with E-state index in [4.69, 9.17) is 0 Å². The van der Waals surface area contributed by atoms with Crippen molar-refractivity contribution in [1.29, 1.82) is 0 Å². The van der Waals surface area contributed by atoms with Crippen LogP contribution < -0.4 is 0 Å². The van der Waals surface area contributed by atoms with Crippen molar-refractivity contribution in [2.45, 2.75) is 25.7 Å². The van der Waals surface area contributed by atoms with Crippen LogP contribution in [0.25, 0.3) is 0 Å². The maximum absolute atomic E-state index is 2.30. The summed E-state index contributed by atoms with van der Waals surface area (Å²) in [5.41, 5.74) is 2.84. The van der Waals surface area contributed by atoms with Gasteiger partial charge in [0, 0.05) is 0 Å². The maximum atomic E-state index is 2.30. The van der Waals surface area contributed by atoms with E-state index in [1.807, 2.05) is 0 Å². The zero-order chi connectivity index (χ0) is 13.5. The van der Waals surface area contributed by atoms with Crippen molar-refractivity contribution >= 4 is 0 Å². The average Bonchev–Trinajstić information content (AvgIpc) is 2.30. The Morgan fingerprint density at radius 3 is 1.67 bits per heavy atom. The van der Waals surface area contributed by atoms with Gasteiger partial charge in [0.2, 0.25) is 0 Å². The highest BCUT2D eigenvalue weighted by molar-refractivity contribution is 5.24. The summed E-state index contributed by atoms with van der Waals surface area (Å²) in [6.07, 6.45) is 2.48. The minimum Gasteiger partial charge on any atom is -0.309 e. The Labute approximate surface area is 113 Å². The summed E-state index contributed by atoms with van der Waals surface area (Å²) in [5, 5.41) is 0. The summed E-state index contributed by atoms with van der Waals surface area (Å²) in [6, 6.07) is 9.05. The van der Waals surface area contributed by atoms with Gasteiger partial charge in [0.25, 0.3) is 0 Å². The first-order valence-electron chi connectivity index (χ1n) is 6.85. The van der Waals surface area contributed by atoms with Gasteiger partial charge < -0.3 is 9.80 Å². The molecule has 0 aliphatic rings. The Morgan fingerprint density at radius 2 is 1.28 bits per heavy atom. The van der Waals surface area contributed by atoms with E-state index >= 15 is 0 Å². The minimum absolute atomic E-state index is 0.676. The molecule has 2 heteroatoms. The van der Waals surface area contributed by atoms with Gasteiger partial charge in [-0.05, 0) is 72.5 Å². The van der Waals surface area contributed by atoms with Crippen LogP contribution in [0.2, 0.25) is 0 Å². The lowest BCUT2D eigenvalue weighted by atomic mass is 9.91. The first-order chi connectivity index (χ1) is 8.49. The SMILES string of the molecule is Cc1ccc(C(CCN(C)C)CCN(C)C)cc1. The van der Waals surface area contributed by atoms with E-state index < -0.39 is 0 Å². The molecule has 0 saturated carbocycles. The van der Waals surface area contributed by atoms with Crippen LogP contribution in [0.15, 0.2) is 24.3 Å². The van der Waals surface area contributed by atoms with Crippen LogP contribution in [-0.4, -0.2) is 51.1 Å². The average molecular weight is 248 g/mol. The molecule has 0 bridgehead atoms. The van der Waals surface area contributed by atoms with Gasteiger partial charge in [-0.25, -0.2) is 0 Å². The van der Waals surface area contributed by atoms with Crippen LogP contribution in [-0.2, 0) is 0 Å². The summed E-state index contributed by atoms with van der Waals surface area (Å²) >= 11 is 0. The Morgan fingerprint density at radius 1 is 0.833 bits per heavy atom. The number of nitrogens with zero attached hydrogens (tertiary/aromatic N) is 2. The minimum atomic E-state index is 0.676. The topological polar surface area (TPSA) is 6.48 Å². The predicted octanol–water partition coefficient (Wildman–Crippen LogP) is 2.98. The molecule has 1 aromatic carbocycles. The monoisotopic (exact) mass is 248 g/mol. The largest absolute Gasteiger partial charge is 0.309 e. The number of aryl methyl sites for hydroxylation is 1. The summed E-state index contributed by atoms with van der Waals surface area (Å²) in [4.78, 5) is 4.55. The highest BCUT2D eigenvalue weighted by Crippen LogP contribution is 2.24. The van der Waals surface area contributed by atoms with Gasteiger partial charge in [0.15, 0.2) is 0 Å². The standard InChI is InChI=1S/C16H28N2/c1-14-6-8-15(9-7-14)16(10-12-17(2)3)11-13-18(4)5/h6-9,16H,10-13H2,1-5H3. The lowest BCUT2D eigenvalue weighted by molar-refractivity contribution is 0.342. The number of hydrogen-bond donors (Lipinski definition) is 0. The normalized spacial score (nSPS) is 11.8. The summed E-state index contributed by atoms with van der Waals surface area (Å²) < 4.78 is 0. The van der Waals surface area contributed by atoms with E-state index in [0.717, 1.165) is 13.1 Å². The van der Waals surface area contributed by atoms with Crippen molar-refractivity contribution in [3.8, 4) is 0 Å². The van der Waals surface area contributed by atoms with Gasteiger partial charge in [-0.1, -0.05) is 29.8 Å². The zero-order valence-electron chi connectivity index (χ0n) is 12.6. The quantitative estimate of drug-likeness (QED) is 0.732. The fourth-order valence-corrected chi connectivity index (χ4v) is 2.14. The second-order valence-corrected chi connectivity index (χ2v) is 5.79. The van der Waals surface area contributed by atoms with Gasteiger partial charge in [0.05, 0.1) is 0 Å². The lowest BCUT2D eigenvalue weighted by Gasteiger charge is -2.21. The van der Waals surface area contributed by atoms with E-state index in [2.05, 4.69) is 69.2 Å². The van der Waals surface area contributed by atoms with E-state index in [9.17, 15) is 0 Å². The first kappa shape index (κ1) is 15.2. The van der Waals surface area contributed by atoms with Crippen molar-refractivity contribution in [3.63, 3.8) is 0 Å². The van der Waals surface area contributed by atoms with Gasteiger partial charge in [-0.3, -0.25) is 0 Å². The van der Waals surface area contributed by atoms with Gasteiger partial charge in [-0.2, -0.15) is 0 Å². The van der Waals surface area contributed by atoms with Gasteiger partial charge in [-0.15, -0.1) is 0 Å². The summed E-state index contributed by atoms with van der Waals surface area (Å²) in [5.74, 6) is 0.676. The van der Waals surface area contributed by atoms with Crippen LogP contribution in [0.4, 0.5) is 0 Å². The molecule has 1 rings (SSSR count). The number of hydrogen-bond acceptors (Lipinski definition) is 2. The van der Waals surface area contributed by atoms with Crippen LogP contribution in [0.1, 0.15) is 29.9 Å². The van der Waals surface area contributed by atoms with Crippen molar-refractivity contribution in [3.05, 3.63) is 35.4 Å². The summed E-state index contributed by atoms with van der Waals surface area (Å²) in [7, 11) is 8.60. The van der Waals surface area contributed by atoms with Crippen LogP contribution in [0, 0.1) is 6.92 Å². The third-order valence-corrected chi connectivity index (χ3v) is 3.40. The smallest absolute Gasteiger partial charge is 0.00190 e. The fraction of sp³-hybridized carbons (Fsp3) is 0.625. The molecule has 0 unspecified atom stereocenters. The molecular weight excluding hydrogens is 220 g/mol. The van der Waals surface area contributed by atoms with Crippen LogP contribution in [0.5, 0.6) is 0 Å². The van der Waals surface area contributed by atoms with Crippen LogP contribution >= 0.6 is 0 Å². The number of benzene rings is 1. The molecule has 1 aromatic rings. The molecule has 0 atom stereocenters. The molecule has 0 amide bonds. The fourth-order valence-electron chi connectivity index (χ4n) is 2.14. The molecule has 0 spiro atoms. The first-order valence-corrected chi connectivity index (χ1v) is 6.85. The molecule has 0 saturated heterocycles. The zero-order valence-corrected chi connectivity index (χ0v) is 12.6. The van der Waals surface area contributed by atoms with Crippen molar-refractivity contribution in [2.24, 2.45) is 0 Å². The Bertz CT molecular complexity index is 315. The molecule has 102 valence electrons. The van der Waals surface area contributed by atoms with Crippen molar-refractivity contribution < 1.29 is 0 Å². The molecular formula is C16H28N2. The van der Waals surface area contributed by atoms with Crippen molar-refractivity contribution in [2.75, 3.05) is 41.3 Å². The van der Waals surface area contributed by atoms with E-state index in [1.165, 1.54) is 24.0 Å². The van der Waals surface area contributed by atoms with E-state index in [-0.39, 0.29) is 0 Å². The number of rotatable bonds is 7. The molecule has 0 fully saturated rings. The highest BCUT2D eigenvalue weighted by atomic mass is 15.1. The second-order valence-electron chi connectivity index (χ2n) is 5.79. The Balaban J connectivity index is 2.66. The van der Waals surface area contributed by atoms with E-state index in [1.54, 1.807) is 0 Å². The third kappa shape index (κ3) is 5.65. The highest BCUT2D eigenvalue weighted by Gasteiger charge is 2.12. The molecule has 0 aliphatic heterocycles. The van der Waals surface area contributed by atoms with Crippen LogP contribution in [0.3, 0.4) is 0 Å². The maximum Gasteiger partial charge on any atom is -0.00190 e. The molecule has 0 radical (unpaired) electrons. The Hall–Kier alpha value is -0.860. The van der Waals surface area contributed by atoms with E-state index in [0.29, 0.717) is 5.92 Å². The van der Waals surface area contributed by atoms with Gasteiger partial charge >= 0.3 is 0 Å². The molecule has 0 aliphatic carbocycles. The lowest BCUT2D eigenvalue weighted by Crippen LogP contribution is -2.20. The molecule has 0 N–H and O–H groups in total. The summed E-state index contributed by atoms with van der Waals surface area (Å²) in [6.45, 7) is 4.47. The van der Waals surface area contributed by atoms with Gasteiger partial charge in [0.1, 0.15) is 0 Å². The molecule has 18 heavy (non-hydrogen) atoms. The molecule has 0 heterocycles. The molecule has 2 nitrogen and oxygen atoms in total. The second kappa shape index (κ2) is 7.55.